The molecular weight excluding hydrogens is 422 g/mol. The summed E-state index contributed by atoms with van der Waals surface area (Å²) >= 11 is 0. The van der Waals surface area contributed by atoms with Crippen molar-refractivity contribution >= 4 is 5.65 Å². The average molecular weight is 458 g/mol. The van der Waals surface area contributed by atoms with Crippen LogP contribution >= 0.6 is 0 Å². The molecule has 1 aliphatic heterocycles. The predicted molar refractivity (Wildman–Crippen MR) is 134 cm³/mol. The Morgan fingerprint density at radius 1 is 1.09 bits per heavy atom. The summed E-state index contributed by atoms with van der Waals surface area (Å²) < 4.78 is 8.40. The number of nitrogens with zero attached hydrogens (tertiary/aromatic N) is 5. The van der Waals surface area contributed by atoms with Gasteiger partial charge in [-0.1, -0.05) is 44.7 Å². The van der Waals surface area contributed by atoms with E-state index >= 15 is 0 Å². The van der Waals surface area contributed by atoms with Crippen molar-refractivity contribution in [1.29, 1.82) is 5.26 Å². The second kappa shape index (κ2) is 10.1. The highest BCUT2D eigenvalue weighted by Crippen LogP contribution is 2.40. The van der Waals surface area contributed by atoms with Crippen molar-refractivity contribution < 1.29 is 4.74 Å². The van der Waals surface area contributed by atoms with Gasteiger partial charge in [-0.25, -0.2) is 4.98 Å². The number of hydrogen-bond donors (Lipinski definition) is 0. The van der Waals surface area contributed by atoms with Crippen LogP contribution in [0.4, 0.5) is 0 Å². The van der Waals surface area contributed by atoms with Crippen LogP contribution in [0.1, 0.15) is 68.9 Å². The first-order valence-electron chi connectivity index (χ1n) is 12.8. The summed E-state index contributed by atoms with van der Waals surface area (Å²) in [5.41, 5.74) is 4.85. The van der Waals surface area contributed by atoms with Crippen molar-refractivity contribution in [1.82, 2.24) is 19.3 Å². The van der Waals surface area contributed by atoms with Gasteiger partial charge in [-0.2, -0.15) is 10.2 Å². The smallest absolute Gasteiger partial charge is 0.302 e. The number of benzene rings is 1. The van der Waals surface area contributed by atoms with Crippen LogP contribution in [0.3, 0.4) is 0 Å². The normalized spacial score (nSPS) is 24.0. The van der Waals surface area contributed by atoms with Crippen LogP contribution in [0.2, 0.25) is 0 Å². The fourth-order valence-corrected chi connectivity index (χ4v) is 5.73. The Bertz CT molecular complexity index is 1150. The molecule has 2 aromatic heterocycles. The summed E-state index contributed by atoms with van der Waals surface area (Å²) in [6, 6.07) is 10.6. The third kappa shape index (κ3) is 4.81. The Balaban J connectivity index is 1.56. The summed E-state index contributed by atoms with van der Waals surface area (Å²) in [5.74, 6) is 1.76. The van der Waals surface area contributed by atoms with Crippen LogP contribution in [0.5, 0.6) is 6.01 Å². The third-order valence-corrected chi connectivity index (χ3v) is 7.68. The van der Waals surface area contributed by atoms with Crippen LogP contribution in [0, 0.1) is 23.2 Å². The molecule has 0 N–H and O–H groups in total. The number of likely N-dealkylation sites (tertiary alicyclic amines) is 1. The number of aromatic nitrogens is 3. The number of nitriles is 1. The molecule has 2 aliphatic rings. The topological polar surface area (TPSA) is 66.5 Å². The molecule has 0 amide bonds. The lowest BCUT2D eigenvalue weighted by Crippen LogP contribution is -2.19. The Kier molecular flexibility index (Phi) is 6.82. The number of rotatable bonds is 5. The van der Waals surface area contributed by atoms with Gasteiger partial charge in [0.25, 0.3) is 0 Å². The second-order valence-corrected chi connectivity index (χ2v) is 10.4. The summed E-state index contributed by atoms with van der Waals surface area (Å²) in [6.07, 6.45) is 12.4. The molecule has 34 heavy (non-hydrogen) atoms. The lowest BCUT2D eigenvalue weighted by molar-refractivity contribution is 0.229. The van der Waals surface area contributed by atoms with Gasteiger partial charge in [0.2, 0.25) is 0 Å². The molecule has 0 radical (unpaired) electrons. The van der Waals surface area contributed by atoms with E-state index in [0.29, 0.717) is 30.0 Å². The van der Waals surface area contributed by atoms with Crippen molar-refractivity contribution in [3.8, 4) is 23.3 Å². The second-order valence-electron chi connectivity index (χ2n) is 10.4. The largest absolute Gasteiger partial charge is 0.464 e. The van der Waals surface area contributed by atoms with Crippen LogP contribution in [0.15, 0.2) is 36.7 Å². The zero-order valence-electron chi connectivity index (χ0n) is 20.4. The molecule has 178 valence electrons. The zero-order chi connectivity index (χ0) is 23.5. The minimum Gasteiger partial charge on any atom is -0.464 e. The first kappa shape index (κ1) is 22.9. The van der Waals surface area contributed by atoms with E-state index in [1.165, 1.54) is 31.2 Å². The Labute approximate surface area is 202 Å². The molecule has 6 nitrogen and oxygen atoms in total. The van der Waals surface area contributed by atoms with Gasteiger partial charge >= 0.3 is 6.01 Å². The van der Waals surface area contributed by atoms with Crippen LogP contribution in [-0.2, 0) is 0 Å². The van der Waals surface area contributed by atoms with E-state index in [2.05, 4.69) is 24.9 Å². The van der Waals surface area contributed by atoms with E-state index in [4.69, 9.17) is 14.7 Å². The average Bonchev–Trinajstić information content (AvgIpc) is 3.49. The molecule has 5 rings (SSSR count). The molecule has 6 heteroatoms. The Morgan fingerprint density at radius 2 is 1.85 bits per heavy atom. The minimum atomic E-state index is 0.424. The van der Waals surface area contributed by atoms with E-state index in [1.807, 2.05) is 41.1 Å². The maximum atomic E-state index is 9.28. The SMILES string of the molecule is CC1CCCC(c2c(-c3ccc(C#N)cc3)nc(OCC3CCN(C)C3)n3ccnc23)CCC1. The van der Waals surface area contributed by atoms with Crippen molar-refractivity contribution in [2.24, 2.45) is 11.8 Å². The monoisotopic (exact) mass is 457 g/mol. The first-order valence-corrected chi connectivity index (χ1v) is 12.8. The molecule has 0 bridgehead atoms. The van der Waals surface area contributed by atoms with Gasteiger partial charge in [-0.05, 0) is 56.8 Å². The van der Waals surface area contributed by atoms with Gasteiger partial charge in [0.15, 0.2) is 0 Å². The molecule has 1 atom stereocenters. The van der Waals surface area contributed by atoms with Crippen molar-refractivity contribution in [3.63, 3.8) is 0 Å². The molecule has 3 heterocycles. The Morgan fingerprint density at radius 3 is 2.53 bits per heavy atom. The van der Waals surface area contributed by atoms with E-state index in [9.17, 15) is 5.26 Å². The maximum Gasteiger partial charge on any atom is 0.302 e. The molecule has 0 spiro atoms. The quantitative estimate of drug-likeness (QED) is 0.494. The first-order chi connectivity index (χ1) is 16.6. The summed E-state index contributed by atoms with van der Waals surface area (Å²) in [6.45, 7) is 5.23. The molecule has 2 fully saturated rings. The van der Waals surface area contributed by atoms with E-state index in [0.717, 1.165) is 55.2 Å². The number of imidazole rings is 1. The standard InChI is InChI=1S/C28H35N5O/c1-20-5-3-7-23(8-4-6-20)25-26(24-11-9-21(17-29)10-12-24)31-28(33-16-14-30-27(25)33)34-19-22-13-15-32(2)18-22/h9-12,14,16,20,22-23H,3-8,13,15,18-19H2,1-2H3. The Hall–Kier alpha value is -2.91. The molecular formula is C28H35N5O. The maximum absolute atomic E-state index is 9.28. The highest BCUT2D eigenvalue weighted by Gasteiger charge is 2.27. The van der Waals surface area contributed by atoms with Crippen molar-refractivity contribution in [2.75, 3.05) is 26.7 Å². The lowest BCUT2D eigenvalue weighted by atomic mass is 9.82. The van der Waals surface area contributed by atoms with Gasteiger partial charge in [0, 0.05) is 36.0 Å². The molecule has 1 aliphatic carbocycles. The number of fused-ring (bicyclic) bond motifs is 1. The van der Waals surface area contributed by atoms with Gasteiger partial charge in [-0.3, -0.25) is 4.40 Å². The number of hydrogen-bond acceptors (Lipinski definition) is 5. The molecule has 1 unspecified atom stereocenters. The van der Waals surface area contributed by atoms with Gasteiger partial charge in [0.05, 0.1) is 23.9 Å². The van der Waals surface area contributed by atoms with E-state index in [1.54, 1.807) is 0 Å². The highest BCUT2D eigenvalue weighted by atomic mass is 16.5. The van der Waals surface area contributed by atoms with Crippen molar-refractivity contribution in [2.45, 2.75) is 57.8 Å². The minimum absolute atomic E-state index is 0.424. The fraction of sp³-hybridized carbons (Fsp3) is 0.536. The van der Waals surface area contributed by atoms with Crippen LogP contribution < -0.4 is 4.74 Å². The third-order valence-electron chi connectivity index (χ3n) is 7.68. The lowest BCUT2D eigenvalue weighted by Gasteiger charge is -2.25. The highest BCUT2D eigenvalue weighted by molar-refractivity contribution is 5.72. The molecule has 3 aromatic rings. The zero-order valence-corrected chi connectivity index (χ0v) is 20.4. The van der Waals surface area contributed by atoms with Gasteiger partial charge < -0.3 is 9.64 Å². The summed E-state index contributed by atoms with van der Waals surface area (Å²) in [7, 11) is 2.17. The van der Waals surface area contributed by atoms with E-state index in [-0.39, 0.29) is 0 Å². The van der Waals surface area contributed by atoms with Gasteiger partial charge in [-0.15, -0.1) is 0 Å². The van der Waals surface area contributed by atoms with Crippen molar-refractivity contribution in [3.05, 3.63) is 47.8 Å². The van der Waals surface area contributed by atoms with Gasteiger partial charge in [0.1, 0.15) is 5.65 Å². The van der Waals surface area contributed by atoms with Crippen LogP contribution in [-0.4, -0.2) is 46.0 Å². The van der Waals surface area contributed by atoms with E-state index < -0.39 is 0 Å². The summed E-state index contributed by atoms with van der Waals surface area (Å²) in [4.78, 5) is 12.3. The molecule has 1 saturated heterocycles. The molecule has 1 aromatic carbocycles. The number of ether oxygens (including phenoxy) is 1. The molecule has 1 saturated carbocycles. The van der Waals surface area contributed by atoms with Crippen LogP contribution in [0.25, 0.3) is 16.9 Å². The fourth-order valence-electron chi connectivity index (χ4n) is 5.73. The summed E-state index contributed by atoms with van der Waals surface area (Å²) in [5, 5.41) is 9.28. The predicted octanol–water partition coefficient (Wildman–Crippen LogP) is 5.67.